The second-order valence-electron chi connectivity index (χ2n) is 5.57. The van der Waals surface area contributed by atoms with Gasteiger partial charge in [-0.15, -0.1) is 0 Å². The highest BCUT2D eigenvalue weighted by molar-refractivity contribution is 4.97. The van der Waals surface area contributed by atoms with Crippen LogP contribution in [0.1, 0.15) is 51.1 Å². The maximum atomic E-state index is 4.50. The van der Waals surface area contributed by atoms with Gasteiger partial charge >= 0.3 is 0 Å². The summed E-state index contributed by atoms with van der Waals surface area (Å²) in [5.74, 6) is 0.888. The standard InChI is InChI=1S/C15H27N3/c1-2-9-16-10-8-15-12-18(13-17-15)11-14-6-4-3-5-7-14/h12-14,16H,2-11H2,1H3. The minimum Gasteiger partial charge on any atom is -0.337 e. The zero-order chi connectivity index (χ0) is 12.6. The van der Waals surface area contributed by atoms with Gasteiger partial charge in [0.1, 0.15) is 0 Å². The molecule has 1 fully saturated rings. The van der Waals surface area contributed by atoms with E-state index in [2.05, 4.69) is 28.0 Å². The van der Waals surface area contributed by atoms with Gasteiger partial charge in [-0.25, -0.2) is 4.98 Å². The molecule has 0 amide bonds. The molecule has 1 heterocycles. The Morgan fingerprint density at radius 3 is 2.89 bits per heavy atom. The van der Waals surface area contributed by atoms with Gasteiger partial charge in [0.15, 0.2) is 0 Å². The molecular weight excluding hydrogens is 222 g/mol. The lowest BCUT2D eigenvalue weighted by atomic mass is 9.89. The zero-order valence-electron chi connectivity index (χ0n) is 11.7. The fourth-order valence-corrected chi connectivity index (χ4v) is 2.82. The number of rotatable bonds is 7. The van der Waals surface area contributed by atoms with Crippen LogP contribution < -0.4 is 5.32 Å². The molecule has 1 saturated carbocycles. The minimum atomic E-state index is 0.888. The number of hydrogen-bond acceptors (Lipinski definition) is 2. The third-order valence-corrected chi connectivity index (χ3v) is 3.87. The van der Waals surface area contributed by atoms with Crippen molar-refractivity contribution >= 4 is 0 Å². The Bertz CT molecular complexity index is 326. The normalized spacial score (nSPS) is 17.2. The molecule has 18 heavy (non-hydrogen) atoms. The van der Waals surface area contributed by atoms with Crippen LogP contribution in [0.2, 0.25) is 0 Å². The highest BCUT2D eigenvalue weighted by atomic mass is 15.0. The van der Waals surface area contributed by atoms with Gasteiger partial charge in [-0.1, -0.05) is 26.2 Å². The summed E-state index contributed by atoms with van der Waals surface area (Å²) >= 11 is 0. The summed E-state index contributed by atoms with van der Waals surface area (Å²) in [5.41, 5.74) is 1.23. The van der Waals surface area contributed by atoms with Gasteiger partial charge in [-0.05, 0) is 31.7 Å². The van der Waals surface area contributed by atoms with E-state index in [1.807, 2.05) is 6.33 Å². The first-order chi connectivity index (χ1) is 8.88. The fourth-order valence-electron chi connectivity index (χ4n) is 2.82. The molecule has 0 unspecified atom stereocenters. The van der Waals surface area contributed by atoms with E-state index >= 15 is 0 Å². The molecule has 3 nitrogen and oxygen atoms in total. The Balaban J connectivity index is 1.71. The van der Waals surface area contributed by atoms with Gasteiger partial charge in [0.25, 0.3) is 0 Å². The van der Waals surface area contributed by atoms with Gasteiger partial charge in [0, 0.05) is 25.7 Å². The molecule has 2 rings (SSSR count). The van der Waals surface area contributed by atoms with Crippen molar-refractivity contribution in [2.75, 3.05) is 13.1 Å². The van der Waals surface area contributed by atoms with Crippen LogP contribution in [-0.2, 0) is 13.0 Å². The summed E-state index contributed by atoms with van der Waals surface area (Å²) in [6, 6.07) is 0. The molecule has 1 aromatic heterocycles. The molecule has 1 aliphatic rings. The minimum absolute atomic E-state index is 0.888. The van der Waals surface area contributed by atoms with Crippen LogP contribution in [0, 0.1) is 5.92 Å². The lowest BCUT2D eigenvalue weighted by molar-refractivity contribution is 0.319. The Morgan fingerprint density at radius 1 is 1.28 bits per heavy atom. The average molecular weight is 249 g/mol. The maximum absolute atomic E-state index is 4.50. The molecule has 0 spiro atoms. The van der Waals surface area contributed by atoms with Gasteiger partial charge in [-0.2, -0.15) is 0 Å². The molecule has 3 heteroatoms. The number of nitrogens with one attached hydrogen (secondary N) is 1. The highest BCUT2D eigenvalue weighted by Crippen LogP contribution is 2.24. The molecule has 1 N–H and O–H groups in total. The quantitative estimate of drug-likeness (QED) is 0.753. The first-order valence-corrected chi connectivity index (χ1v) is 7.60. The average Bonchev–Trinajstić information content (AvgIpc) is 2.84. The second kappa shape index (κ2) is 7.57. The number of imidazole rings is 1. The Hall–Kier alpha value is -0.830. The van der Waals surface area contributed by atoms with E-state index in [0.717, 1.165) is 25.4 Å². The molecule has 0 bridgehead atoms. The summed E-state index contributed by atoms with van der Waals surface area (Å²) in [5, 5.41) is 3.42. The van der Waals surface area contributed by atoms with Crippen molar-refractivity contribution in [1.82, 2.24) is 14.9 Å². The second-order valence-corrected chi connectivity index (χ2v) is 5.57. The highest BCUT2D eigenvalue weighted by Gasteiger charge is 2.13. The molecule has 0 aliphatic heterocycles. The Morgan fingerprint density at radius 2 is 2.11 bits per heavy atom. The molecular formula is C15H27N3. The van der Waals surface area contributed by atoms with Crippen molar-refractivity contribution in [1.29, 1.82) is 0 Å². The number of hydrogen-bond donors (Lipinski definition) is 1. The zero-order valence-corrected chi connectivity index (χ0v) is 11.7. The first kappa shape index (κ1) is 13.6. The smallest absolute Gasteiger partial charge is 0.0949 e. The van der Waals surface area contributed by atoms with Crippen LogP contribution in [0.3, 0.4) is 0 Å². The van der Waals surface area contributed by atoms with E-state index in [0.29, 0.717) is 0 Å². The van der Waals surface area contributed by atoms with Crippen LogP contribution in [0.5, 0.6) is 0 Å². The third kappa shape index (κ3) is 4.45. The van der Waals surface area contributed by atoms with Crippen molar-refractivity contribution in [2.24, 2.45) is 5.92 Å². The van der Waals surface area contributed by atoms with Crippen LogP contribution in [0.15, 0.2) is 12.5 Å². The molecule has 0 radical (unpaired) electrons. The van der Waals surface area contributed by atoms with Crippen molar-refractivity contribution in [3.8, 4) is 0 Å². The predicted octanol–water partition coefficient (Wildman–Crippen LogP) is 3.01. The summed E-state index contributed by atoms with van der Waals surface area (Å²) in [4.78, 5) is 4.50. The molecule has 1 aromatic rings. The SMILES string of the molecule is CCCNCCc1cn(CC2CCCCC2)cn1. The lowest BCUT2D eigenvalue weighted by Gasteiger charge is -2.21. The molecule has 0 aromatic carbocycles. The van der Waals surface area contributed by atoms with Gasteiger partial charge in [0.2, 0.25) is 0 Å². The van der Waals surface area contributed by atoms with Crippen LogP contribution in [0.25, 0.3) is 0 Å². The van der Waals surface area contributed by atoms with Crippen molar-refractivity contribution in [3.63, 3.8) is 0 Å². The first-order valence-electron chi connectivity index (χ1n) is 7.60. The Labute approximate surface area is 111 Å². The topological polar surface area (TPSA) is 29.9 Å². The van der Waals surface area contributed by atoms with Crippen LogP contribution in [0.4, 0.5) is 0 Å². The van der Waals surface area contributed by atoms with Crippen molar-refractivity contribution in [2.45, 2.75) is 58.4 Å². The third-order valence-electron chi connectivity index (χ3n) is 3.87. The monoisotopic (exact) mass is 249 g/mol. The summed E-state index contributed by atoms with van der Waals surface area (Å²) in [6.45, 7) is 5.54. The maximum Gasteiger partial charge on any atom is 0.0949 e. The van der Waals surface area contributed by atoms with Crippen LogP contribution >= 0.6 is 0 Å². The van der Waals surface area contributed by atoms with E-state index in [1.54, 1.807) is 0 Å². The molecule has 1 aliphatic carbocycles. The van der Waals surface area contributed by atoms with Crippen LogP contribution in [-0.4, -0.2) is 22.6 Å². The van der Waals surface area contributed by atoms with Crippen molar-refractivity contribution in [3.05, 3.63) is 18.2 Å². The molecule has 0 saturated heterocycles. The summed E-state index contributed by atoms with van der Waals surface area (Å²) in [7, 11) is 0. The number of nitrogens with zero attached hydrogens (tertiary/aromatic N) is 2. The van der Waals surface area contributed by atoms with Gasteiger partial charge in [0.05, 0.1) is 12.0 Å². The molecule has 102 valence electrons. The summed E-state index contributed by atoms with van der Waals surface area (Å²) < 4.78 is 2.30. The van der Waals surface area contributed by atoms with Gasteiger partial charge < -0.3 is 9.88 Å². The lowest BCUT2D eigenvalue weighted by Crippen LogP contribution is -2.17. The Kier molecular flexibility index (Phi) is 5.72. The van der Waals surface area contributed by atoms with E-state index < -0.39 is 0 Å². The van der Waals surface area contributed by atoms with E-state index in [1.165, 1.54) is 50.8 Å². The van der Waals surface area contributed by atoms with Crippen molar-refractivity contribution < 1.29 is 0 Å². The summed E-state index contributed by atoms with van der Waals surface area (Å²) in [6.07, 6.45) is 13.6. The van der Waals surface area contributed by atoms with E-state index in [9.17, 15) is 0 Å². The number of aromatic nitrogens is 2. The largest absolute Gasteiger partial charge is 0.337 e. The molecule has 0 atom stereocenters. The van der Waals surface area contributed by atoms with Gasteiger partial charge in [-0.3, -0.25) is 0 Å². The van der Waals surface area contributed by atoms with E-state index in [-0.39, 0.29) is 0 Å². The predicted molar refractivity (Wildman–Crippen MR) is 75.7 cm³/mol. The fraction of sp³-hybridized carbons (Fsp3) is 0.800. The van der Waals surface area contributed by atoms with E-state index in [4.69, 9.17) is 0 Å².